The Bertz CT molecular complexity index is 786. The van der Waals surface area contributed by atoms with Crippen LogP contribution in [0.1, 0.15) is 29.9 Å². The summed E-state index contributed by atoms with van der Waals surface area (Å²) in [7, 11) is 0. The van der Waals surface area contributed by atoms with Gasteiger partial charge in [-0.25, -0.2) is 4.68 Å². The molecule has 1 aliphatic rings. The number of hydrogen-bond donors (Lipinski definition) is 1. The van der Waals surface area contributed by atoms with Crippen LogP contribution in [0.2, 0.25) is 0 Å². The molecule has 0 saturated carbocycles. The molecule has 0 spiro atoms. The quantitative estimate of drug-likeness (QED) is 0.786. The summed E-state index contributed by atoms with van der Waals surface area (Å²) in [6, 6.07) is 18.3. The van der Waals surface area contributed by atoms with Gasteiger partial charge in [-0.2, -0.15) is 5.10 Å². The third kappa shape index (κ3) is 3.74. The van der Waals surface area contributed by atoms with Crippen molar-refractivity contribution in [2.45, 2.75) is 25.3 Å². The van der Waals surface area contributed by atoms with Crippen molar-refractivity contribution in [1.29, 1.82) is 0 Å². The number of phenols is 1. The van der Waals surface area contributed by atoms with E-state index in [1.54, 1.807) is 18.3 Å². The molecule has 128 valence electrons. The molecule has 1 N–H and O–H groups in total. The Kier molecular flexibility index (Phi) is 4.53. The topological polar surface area (TPSA) is 41.3 Å². The average molecular weight is 333 g/mol. The molecule has 0 aliphatic carbocycles. The van der Waals surface area contributed by atoms with Crippen LogP contribution in [0.4, 0.5) is 0 Å². The van der Waals surface area contributed by atoms with Crippen molar-refractivity contribution < 1.29 is 5.11 Å². The van der Waals surface area contributed by atoms with Crippen molar-refractivity contribution >= 4 is 0 Å². The Balaban J connectivity index is 1.33. The summed E-state index contributed by atoms with van der Waals surface area (Å²) < 4.78 is 1.88. The van der Waals surface area contributed by atoms with Gasteiger partial charge in [-0.15, -0.1) is 0 Å². The molecule has 25 heavy (non-hydrogen) atoms. The van der Waals surface area contributed by atoms with Gasteiger partial charge in [0, 0.05) is 18.9 Å². The van der Waals surface area contributed by atoms with Crippen LogP contribution in [0.25, 0.3) is 5.69 Å². The van der Waals surface area contributed by atoms with E-state index in [-0.39, 0.29) is 0 Å². The van der Waals surface area contributed by atoms with Gasteiger partial charge < -0.3 is 5.11 Å². The molecule has 1 saturated heterocycles. The van der Waals surface area contributed by atoms with E-state index in [0.29, 0.717) is 11.7 Å². The molecule has 1 fully saturated rings. The number of aromatic nitrogens is 2. The van der Waals surface area contributed by atoms with Crippen molar-refractivity contribution in [1.82, 2.24) is 14.7 Å². The van der Waals surface area contributed by atoms with E-state index in [9.17, 15) is 5.11 Å². The summed E-state index contributed by atoms with van der Waals surface area (Å²) in [5, 5.41) is 13.7. The molecule has 4 nitrogen and oxygen atoms in total. The molecule has 4 heteroatoms. The number of nitrogens with zero attached hydrogens (tertiary/aromatic N) is 3. The zero-order chi connectivity index (χ0) is 17.1. The van der Waals surface area contributed by atoms with E-state index >= 15 is 0 Å². The van der Waals surface area contributed by atoms with Crippen molar-refractivity contribution in [3.05, 3.63) is 78.1 Å². The van der Waals surface area contributed by atoms with Gasteiger partial charge in [0.2, 0.25) is 0 Å². The second-order valence-electron chi connectivity index (χ2n) is 6.76. The number of likely N-dealkylation sites (tertiary alicyclic amines) is 1. The van der Waals surface area contributed by atoms with Crippen molar-refractivity contribution in [2.75, 3.05) is 13.1 Å². The normalized spacial score (nSPS) is 16.2. The van der Waals surface area contributed by atoms with Crippen LogP contribution in [0.3, 0.4) is 0 Å². The SMILES string of the molecule is Oc1ccc(C2CCN(Cc3ccc(-n4cccn4)cc3)CC2)cc1. The highest BCUT2D eigenvalue weighted by atomic mass is 16.3. The van der Waals surface area contributed by atoms with Crippen LogP contribution in [-0.4, -0.2) is 32.9 Å². The molecule has 0 amide bonds. The third-order valence-electron chi connectivity index (χ3n) is 5.06. The van der Waals surface area contributed by atoms with Crippen LogP contribution in [0.15, 0.2) is 67.0 Å². The van der Waals surface area contributed by atoms with E-state index in [2.05, 4.69) is 46.4 Å². The first-order chi connectivity index (χ1) is 12.3. The first kappa shape index (κ1) is 15.9. The van der Waals surface area contributed by atoms with Gasteiger partial charge in [0.1, 0.15) is 5.75 Å². The van der Waals surface area contributed by atoms with E-state index in [4.69, 9.17) is 0 Å². The first-order valence-electron chi connectivity index (χ1n) is 8.88. The van der Waals surface area contributed by atoms with E-state index < -0.39 is 0 Å². The van der Waals surface area contributed by atoms with E-state index in [0.717, 1.165) is 25.3 Å². The summed E-state index contributed by atoms with van der Waals surface area (Å²) in [4.78, 5) is 2.53. The van der Waals surface area contributed by atoms with Gasteiger partial charge in [-0.1, -0.05) is 24.3 Å². The Labute approximate surface area is 148 Å². The minimum Gasteiger partial charge on any atom is -0.508 e. The fourth-order valence-electron chi connectivity index (χ4n) is 3.60. The summed E-state index contributed by atoms with van der Waals surface area (Å²) >= 11 is 0. The van der Waals surface area contributed by atoms with Crippen LogP contribution in [0.5, 0.6) is 5.75 Å². The molecule has 1 aromatic heterocycles. The van der Waals surface area contributed by atoms with E-state index in [1.165, 1.54) is 24.0 Å². The Hall–Kier alpha value is -2.59. The van der Waals surface area contributed by atoms with Crippen molar-refractivity contribution in [2.24, 2.45) is 0 Å². The van der Waals surface area contributed by atoms with E-state index in [1.807, 2.05) is 16.9 Å². The van der Waals surface area contributed by atoms with Crippen LogP contribution in [0, 0.1) is 0 Å². The molecule has 0 unspecified atom stereocenters. The summed E-state index contributed by atoms with van der Waals surface area (Å²) in [5.41, 5.74) is 3.79. The van der Waals surface area contributed by atoms with Gasteiger partial charge in [-0.05, 0) is 73.3 Å². The molecule has 3 aromatic rings. The standard InChI is InChI=1S/C21H23N3O/c25-21-8-4-18(5-9-21)19-10-14-23(15-11-19)16-17-2-6-20(7-3-17)24-13-1-12-22-24/h1-9,12-13,19,25H,10-11,14-16H2. The van der Waals surface area contributed by atoms with Crippen molar-refractivity contribution in [3.8, 4) is 11.4 Å². The monoisotopic (exact) mass is 333 g/mol. The smallest absolute Gasteiger partial charge is 0.115 e. The van der Waals surface area contributed by atoms with Gasteiger partial charge in [0.05, 0.1) is 5.69 Å². The lowest BCUT2D eigenvalue weighted by molar-refractivity contribution is 0.204. The number of aromatic hydroxyl groups is 1. The minimum absolute atomic E-state index is 0.347. The molecule has 0 radical (unpaired) electrons. The summed E-state index contributed by atoms with van der Waals surface area (Å²) in [6.07, 6.45) is 6.11. The number of benzene rings is 2. The number of phenolic OH excluding ortho intramolecular Hbond substituents is 1. The highest BCUT2D eigenvalue weighted by Gasteiger charge is 2.20. The number of piperidine rings is 1. The van der Waals surface area contributed by atoms with Crippen molar-refractivity contribution in [3.63, 3.8) is 0 Å². The predicted octanol–water partition coefficient (Wildman–Crippen LogP) is 3.96. The second-order valence-corrected chi connectivity index (χ2v) is 6.76. The number of rotatable bonds is 4. The average Bonchev–Trinajstić information content (AvgIpc) is 3.19. The Morgan fingerprint density at radius 2 is 1.68 bits per heavy atom. The maximum absolute atomic E-state index is 9.43. The molecule has 1 aliphatic heterocycles. The maximum Gasteiger partial charge on any atom is 0.115 e. The third-order valence-corrected chi connectivity index (χ3v) is 5.06. The Morgan fingerprint density at radius 3 is 2.32 bits per heavy atom. The lowest BCUT2D eigenvalue weighted by Crippen LogP contribution is -2.32. The Morgan fingerprint density at radius 1 is 0.960 bits per heavy atom. The molecule has 4 rings (SSSR count). The molecule has 2 aromatic carbocycles. The molecule has 0 bridgehead atoms. The van der Waals surface area contributed by atoms with Crippen LogP contribution >= 0.6 is 0 Å². The highest BCUT2D eigenvalue weighted by molar-refractivity contribution is 5.34. The zero-order valence-corrected chi connectivity index (χ0v) is 14.3. The zero-order valence-electron chi connectivity index (χ0n) is 14.3. The largest absolute Gasteiger partial charge is 0.508 e. The summed E-state index contributed by atoms with van der Waals surface area (Å²) in [5.74, 6) is 0.957. The number of hydrogen-bond acceptors (Lipinski definition) is 3. The highest BCUT2D eigenvalue weighted by Crippen LogP contribution is 2.29. The van der Waals surface area contributed by atoms with Gasteiger partial charge >= 0.3 is 0 Å². The van der Waals surface area contributed by atoms with Crippen LogP contribution < -0.4 is 0 Å². The molecule has 0 atom stereocenters. The second kappa shape index (κ2) is 7.11. The fraction of sp³-hybridized carbons (Fsp3) is 0.286. The maximum atomic E-state index is 9.43. The predicted molar refractivity (Wildman–Crippen MR) is 98.9 cm³/mol. The molecular weight excluding hydrogens is 310 g/mol. The van der Waals surface area contributed by atoms with Crippen LogP contribution in [-0.2, 0) is 6.54 Å². The van der Waals surface area contributed by atoms with Gasteiger partial charge in [0.15, 0.2) is 0 Å². The minimum atomic E-state index is 0.347. The van der Waals surface area contributed by atoms with Gasteiger partial charge in [0.25, 0.3) is 0 Å². The summed E-state index contributed by atoms with van der Waals surface area (Å²) in [6.45, 7) is 3.24. The van der Waals surface area contributed by atoms with Gasteiger partial charge in [-0.3, -0.25) is 4.90 Å². The first-order valence-corrected chi connectivity index (χ1v) is 8.88. The molecule has 2 heterocycles. The lowest BCUT2D eigenvalue weighted by Gasteiger charge is -2.32. The molecular formula is C21H23N3O. The fourth-order valence-corrected chi connectivity index (χ4v) is 3.60. The lowest BCUT2D eigenvalue weighted by atomic mass is 9.89.